The molecule has 1 aromatic heterocycles. The molecule has 1 aliphatic carbocycles. The smallest absolute Gasteiger partial charge is 0.111 e. The van der Waals surface area contributed by atoms with Crippen molar-refractivity contribution in [1.82, 2.24) is 15.0 Å². The van der Waals surface area contributed by atoms with Crippen LogP contribution >= 0.6 is 0 Å². The summed E-state index contributed by atoms with van der Waals surface area (Å²) in [4.78, 5) is 0. The minimum absolute atomic E-state index is 0.0200. The molecule has 1 saturated carbocycles. The Kier molecular flexibility index (Phi) is 5.83. The van der Waals surface area contributed by atoms with Crippen molar-refractivity contribution < 1.29 is 5.11 Å². The van der Waals surface area contributed by atoms with E-state index in [9.17, 15) is 5.11 Å². The molecule has 0 spiro atoms. The number of nitrogens with zero attached hydrogens (tertiary/aromatic N) is 3. The second kappa shape index (κ2) is 7.63. The van der Waals surface area contributed by atoms with Crippen LogP contribution in [0.15, 0.2) is 0 Å². The van der Waals surface area contributed by atoms with Crippen LogP contribution in [0, 0.1) is 5.92 Å². The highest BCUT2D eigenvalue weighted by Crippen LogP contribution is 2.27. The number of unbranched alkanes of at least 4 members (excludes halogenated alkanes) is 1. The quantitative estimate of drug-likeness (QED) is 0.824. The molecule has 4 heteroatoms. The lowest BCUT2D eigenvalue weighted by atomic mass is 9.85. The molecule has 4 nitrogen and oxygen atoms in total. The molecule has 2 rings (SSSR count). The van der Waals surface area contributed by atoms with E-state index in [1.165, 1.54) is 44.2 Å². The van der Waals surface area contributed by atoms with E-state index in [0.717, 1.165) is 37.4 Å². The highest BCUT2D eigenvalue weighted by atomic mass is 16.3. The molecule has 1 fully saturated rings. The fourth-order valence-corrected chi connectivity index (χ4v) is 3.07. The first-order valence-corrected chi connectivity index (χ1v) is 7.87. The van der Waals surface area contributed by atoms with Crippen LogP contribution in [0.2, 0.25) is 0 Å². The van der Waals surface area contributed by atoms with Crippen LogP contribution < -0.4 is 0 Å². The van der Waals surface area contributed by atoms with Crippen LogP contribution in [0.1, 0.15) is 69.7 Å². The Morgan fingerprint density at radius 1 is 1.26 bits per heavy atom. The Morgan fingerprint density at radius 2 is 2.05 bits per heavy atom. The lowest BCUT2D eigenvalue weighted by Crippen LogP contribution is -2.11. The highest BCUT2D eigenvalue weighted by molar-refractivity contribution is 5.09. The van der Waals surface area contributed by atoms with E-state index in [1.54, 1.807) is 0 Å². The van der Waals surface area contributed by atoms with Gasteiger partial charge in [0.25, 0.3) is 0 Å². The van der Waals surface area contributed by atoms with Gasteiger partial charge in [-0.15, -0.1) is 5.10 Å². The molecule has 0 aromatic carbocycles. The molecule has 0 radical (unpaired) electrons. The Hall–Kier alpha value is -0.900. The van der Waals surface area contributed by atoms with E-state index in [2.05, 4.69) is 17.2 Å². The van der Waals surface area contributed by atoms with Gasteiger partial charge in [0.2, 0.25) is 0 Å². The summed E-state index contributed by atoms with van der Waals surface area (Å²) < 4.78 is 2.01. The number of aromatic nitrogens is 3. The Balaban J connectivity index is 1.94. The predicted octanol–water partition coefficient (Wildman–Crippen LogP) is 3.08. The van der Waals surface area contributed by atoms with Crippen molar-refractivity contribution >= 4 is 0 Å². The van der Waals surface area contributed by atoms with Gasteiger partial charge in [-0.05, 0) is 25.2 Å². The summed E-state index contributed by atoms with van der Waals surface area (Å²) in [5, 5.41) is 17.7. The van der Waals surface area contributed by atoms with Crippen molar-refractivity contribution in [2.24, 2.45) is 5.92 Å². The van der Waals surface area contributed by atoms with Gasteiger partial charge in [0, 0.05) is 6.54 Å². The van der Waals surface area contributed by atoms with Crippen LogP contribution in [0.5, 0.6) is 0 Å². The maximum absolute atomic E-state index is 9.38. The summed E-state index contributed by atoms with van der Waals surface area (Å²) in [6.07, 6.45) is 11.5. The maximum Gasteiger partial charge on any atom is 0.111 e. The van der Waals surface area contributed by atoms with Crippen molar-refractivity contribution in [1.29, 1.82) is 0 Å². The van der Waals surface area contributed by atoms with Crippen molar-refractivity contribution in [3.63, 3.8) is 0 Å². The highest BCUT2D eigenvalue weighted by Gasteiger charge is 2.17. The Labute approximate surface area is 116 Å². The zero-order chi connectivity index (χ0) is 13.5. The molecule has 0 unspecified atom stereocenters. The summed E-state index contributed by atoms with van der Waals surface area (Å²) in [6.45, 7) is 3.14. The summed E-state index contributed by atoms with van der Waals surface area (Å²) in [5.74, 6) is 0.870. The molecule has 19 heavy (non-hydrogen) atoms. The van der Waals surface area contributed by atoms with E-state index in [4.69, 9.17) is 0 Å². The standard InChI is InChI=1S/C15H27N3O/c1-2-3-11-18-15(14(12-19)16-17-18)10-9-13-7-5-4-6-8-13/h13,19H,2-12H2,1H3. The van der Waals surface area contributed by atoms with Gasteiger partial charge in [0.15, 0.2) is 0 Å². The van der Waals surface area contributed by atoms with Crippen LogP contribution in [0.25, 0.3) is 0 Å². The molecule has 1 aromatic rings. The second-order valence-electron chi connectivity index (χ2n) is 5.76. The molecule has 108 valence electrons. The number of aliphatic hydroxyl groups is 1. The Bertz CT molecular complexity index is 369. The molecule has 0 atom stereocenters. The number of aliphatic hydroxyl groups excluding tert-OH is 1. The maximum atomic E-state index is 9.38. The predicted molar refractivity (Wildman–Crippen MR) is 75.7 cm³/mol. The SMILES string of the molecule is CCCCn1nnc(CO)c1CCC1CCCCC1. The third kappa shape index (κ3) is 4.03. The zero-order valence-electron chi connectivity index (χ0n) is 12.1. The van der Waals surface area contributed by atoms with Gasteiger partial charge in [-0.1, -0.05) is 50.7 Å². The van der Waals surface area contributed by atoms with Gasteiger partial charge in [0.1, 0.15) is 5.69 Å². The van der Waals surface area contributed by atoms with Gasteiger partial charge in [-0.3, -0.25) is 0 Å². The van der Waals surface area contributed by atoms with Crippen molar-refractivity contribution in [3.05, 3.63) is 11.4 Å². The van der Waals surface area contributed by atoms with Gasteiger partial charge < -0.3 is 5.11 Å². The third-order valence-electron chi connectivity index (χ3n) is 4.31. The van der Waals surface area contributed by atoms with Crippen LogP contribution in [0.4, 0.5) is 0 Å². The van der Waals surface area contributed by atoms with E-state index < -0.39 is 0 Å². The average molecular weight is 265 g/mol. The van der Waals surface area contributed by atoms with Crippen LogP contribution in [-0.4, -0.2) is 20.1 Å². The van der Waals surface area contributed by atoms with E-state index in [-0.39, 0.29) is 6.61 Å². The molecule has 1 aliphatic rings. The van der Waals surface area contributed by atoms with Crippen molar-refractivity contribution in [3.8, 4) is 0 Å². The average Bonchev–Trinajstić information content (AvgIpc) is 2.86. The van der Waals surface area contributed by atoms with Crippen LogP contribution in [0.3, 0.4) is 0 Å². The summed E-state index contributed by atoms with van der Waals surface area (Å²) in [5.41, 5.74) is 1.95. The van der Waals surface area contributed by atoms with E-state index in [0.29, 0.717) is 0 Å². The zero-order valence-corrected chi connectivity index (χ0v) is 12.1. The first kappa shape index (κ1) is 14.5. The number of hydrogen-bond donors (Lipinski definition) is 1. The molecule has 0 saturated heterocycles. The van der Waals surface area contributed by atoms with Crippen LogP contribution in [-0.2, 0) is 19.6 Å². The molecular weight excluding hydrogens is 238 g/mol. The minimum Gasteiger partial charge on any atom is -0.390 e. The molecular formula is C15H27N3O. The van der Waals surface area contributed by atoms with E-state index in [1.807, 2.05) is 4.68 Å². The first-order valence-electron chi connectivity index (χ1n) is 7.87. The number of aryl methyl sites for hydroxylation is 1. The molecule has 0 aliphatic heterocycles. The monoisotopic (exact) mass is 265 g/mol. The Morgan fingerprint density at radius 3 is 2.74 bits per heavy atom. The number of rotatable bonds is 7. The number of hydrogen-bond acceptors (Lipinski definition) is 3. The molecule has 0 bridgehead atoms. The van der Waals surface area contributed by atoms with Gasteiger partial charge in [-0.25, -0.2) is 4.68 Å². The topological polar surface area (TPSA) is 50.9 Å². The van der Waals surface area contributed by atoms with Crippen molar-refractivity contribution in [2.45, 2.75) is 77.9 Å². The van der Waals surface area contributed by atoms with Gasteiger partial charge >= 0.3 is 0 Å². The molecule has 1 heterocycles. The minimum atomic E-state index is 0.0200. The lowest BCUT2D eigenvalue weighted by molar-refractivity contribution is 0.274. The fraction of sp³-hybridized carbons (Fsp3) is 0.867. The second-order valence-corrected chi connectivity index (χ2v) is 5.76. The summed E-state index contributed by atoms with van der Waals surface area (Å²) >= 11 is 0. The molecule has 0 amide bonds. The van der Waals surface area contributed by atoms with E-state index >= 15 is 0 Å². The normalized spacial score (nSPS) is 16.9. The third-order valence-corrected chi connectivity index (χ3v) is 4.31. The summed E-state index contributed by atoms with van der Waals surface area (Å²) in [7, 11) is 0. The lowest BCUT2D eigenvalue weighted by Gasteiger charge is -2.21. The van der Waals surface area contributed by atoms with Crippen molar-refractivity contribution in [2.75, 3.05) is 0 Å². The van der Waals surface area contributed by atoms with Gasteiger partial charge in [-0.2, -0.15) is 0 Å². The largest absolute Gasteiger partial charge is 0.390 e. The first-order chi connectivity index (χ1) is 9.35. The van der Waals surface area contributed by atoms with Gasteiger partial charge in [0.05, 0.1) is 12.3 Å². The molecule has 1 N–H and O–H groups in total. The fourth-order valence-electron chi connectivity index (χ4n) is 3.07. The summed E-state index contributed by atoms with van der Waals surface area (Å²) in [6, 6.07) is 0.